The highest BCUT2D eigenvalue weighted by Gasteiger charge is 2.39. The molecule has 0 bridgehead atoms. The molecule has 5 rings (SSSR count). The topological polar surface area (TPSA) is 80.7 Å². The molecule has 1 aliphatic carbocycles. The van der Waals surface area contributed by atoms with Crippen LogP contribution < -0.4 is 0 Å². The number of furan rings is 2. The maximum absolute atomic E-state index is 12.6. The number of fused-ring (bicyclic) bond motifs is 5. The molecule has 0 unspecified atom stereocenters. The maximum atomic E-state index is 12.6. The predicted molar refractivity (Wildman–Crippen MR) is 90.0 cm³/mol. The van der Waals surface area contributed by atoms with E-state index in [0.717, 1.165) is 5.56 Å². The van der Waals surface area contributed by atoms with Gasteiger partial charge in [-0.1, -0.05) is 24.3 Å². The first-order valence-corrected chi connectivity index (χ1v) is 8.31. The molecule has 0 fully saturated rings. The van der Waals surface area contributed by atoms with Crippen molar-refractivity contribution in [3.05, 3.63) is 70.9 Å². The van der Waals surface area contributed by atoms with Crippen LogP contribution in [-0.2, 0) is 13.0 Å². The third kappa shape index (κ3) is 1.95. The van der Waals surface area contributed by atoms with Crippen molar-refractivity contribution in [3.63, 3.8) is 0 Å². The Labute approximate surface area is 148 Å². The number of carbonyl (C=O) groups excluding carboxylic acids is 3. The largest absolute Gasteiger partial charge is 0.459 e. The lowest BCUT2D eigenvalue weighted by Gasteiger charge is -2.25. The molecule has 1 amide bonds. The van der Waals surface area contributed by atoms with Crippen molar-refractivity contribution in [2.45, 2.75) is 13.0 Å². The summed E-state index contributed by atoms with van der Waals surface area (Å²) in [5.74, 6) is -0.0130. The third-order valence-corrected chi connectivity index (χ3v) is 4.93. The Hall–Kier alpha value is -3.41. The molecule has 26 heavy (non-hydrogen) atoms. The summed E-state index contributed by atoms with van der Waals surface area (Å²) in [4.78, 5) is 39.1. The summed E-state index contributed by atoms with van der Waals surface area (Å²) >= 11 is 0. The van der Waals surface area contributed by atoms with Crippen molar-refractivity contribution in [3.8, 4) is 11.3 Å². The van der Waals surface area contributed by atoms with Crippen molar-refractivity contribution in [2.75, 3.05) is 6.54 Å². The van der Waals surface area contributed by atoms with Gasteiger partial charge in [-0.25, -0.2) is 0 Å². The molecule has 6 heteroatoms. The summed E-state index contributed by atoms with van der Waals surface area (Å²) in [6.45, 7) is 0.674. The Morgan fingerprint density at radius 2 is 1.81 bits per heavy atom. The molecule has 1 aliphatic heterocycles. The first kappa shape index (κ1) is 14.9. The highest BCUT2D eigenvalue weighted by Crippen LogP contribution is 2.40. The van der Waals surface area contributed by atoms with Gasteiger partial charge in [0.05, 0.1) is 18.4 Å². The van der Waals surface area contributed by atoms with Crippen LogP contribution in [0.15, 0.2) is 51.5 Å². The van der Waals surface area contributed by atoms with Gasteiger partial charge in [0.15, 0.2) is 5.76 Å². The Kier molecular flexibility index (Phi) is 3.03. The van der Waals surface area contributed by atoms with Crippen LogP contribution in [0.5, 0.6) is 0 Å². The molecule has 3 heterocycles. The van der Waals surface area contributed by atoms with E-state index in [1.54, 1.807) is 41.3 Å². The smallest absolute Gasteiger partial charge is 0.289 e. The van der Waals surface area contributed by atoms with Gasteiger partial charge in [0.25, 0.3) is 5.91 Å². The quantitative estimate of drug-likeness (QED) is 0.632. The van der Waals surface area contributed by atoms with E-state index in [0.29, 0.717) is 41.2 Å². The lowest BCUT2D eigenvalue weighted by atomic mass is 9.85. The summed E-state index contributed by atoms with van der Waals surface area (Å²) in [5.41, 5.74) is 2.08. The van der Waals surface area contributed by atoms with Gasteiger partial charge in [-0.2, -0.15) is 0 Å². The van der Waals surface area contributed by atoms with E-state index in [-0.39, 0.29) is 18.2 Å². The highest BCUT2D eigenvalue weighted by atomic mass is 16.3. The molecule has 1 aromatic carbocycles. The van der Waals surface area contributed by atoms with Crippen LogP contribution in [0.25, 0.3) is 11.3 Å². The average molecular weight is 347 g/mol. The van der Waals surface area contributed by atoms with Crippen LogP contribution in [0.4, 0.5) is 0 Å². The number of nitrogens with zero attached hydrogens (tertiary/aromatic N) is 1. The summed E-state index contributed by atoms with van der Waals surface area (Å²) in [6, 6.07) is 10.2. The molecule has 0 spiro atoms. The van der Waals surface area contributed by atoms with Gasteiger partial charge in [0.2, 0.25) is 11.6 Å². The van der Waals surface area contributed by atoms with Gasteiger partial charge in [-0.05, 0) is 18.6 Å². The Balaban J connectivity index is 1.58. The fourth-order valence-electron chi connectivity index (χ4n) is 3.68. The molecule has 6 nitrogen and oxygen atoms in total. The minimum atomic E-state index is -0.533. The number of ketones is 2. The van der Waals surface area contributed by atoms with E-state index >= 15 is 0 Å². The van der Waals surface area contributed by atoms with E-state index in [1.807, 2.05) is 0 Å². The molecular formula is C20H13NO5. The average Bonchev–Trinajstić information content (AvgIpc) is 3.33. The van der Waals surface area contributed by atoms with Crippen molar-refractivity contribution in [1.29, 1.82) is 0 Å². The number of Topliss-reactive ketones (excluding diaryl/α,β-unsaturated/α-hetero) is 2. The second kappa shape index (κ2) is 5.29. The van der Waals surface area contributed by atoms with Gasteiger partial charge in [0.1, 0.15) is 11.5 Å². The number of benzene rings is 1. The summed E-state index contributed by atoms with van der Waals surface area (Å²) < 4.78 is 11.1. The minimum absolute atomic E-state index is 0.224. The zero-order valence-electron chi connectivity index (χ0n) is 13.7. The minimum Gasteiger partial charge on any atom is -0.459 e. The number of hydrogen-bond acceptors (Lipinski definition) is 5. The first-order chi connectivity index (χ1) is 12.6. The van der Waals surface area contributed by atoms with E-state index < -0.39 is 11.6 Å². The molecule has 128 valence electrons. The number of carbonyl (C=O) groups is 3. The molecule has 2 aliphatic rings. The first-order valence-electron chi connectivity index (χ1n) is 8.31. The lowest BCUT2D eigenvalue weighted by molar-refractivity contribution is 0.0688. The van der Waals surface area contributed by atoms with Crippen molar-refractivity contribution >= 4 is 17.5 Å². The fraction of sp³-hybridized carbons (Fsp3) is 0.150. The Bertz CT molecular complexity index is 1070. The van der Waals surface area contributed by atoms with Gasteiger partial charge >= 0.3 is 0 Å². The fourth-order valence-corrected chi connectivity index (χ4v) is 3.68. The Morgan fingerprint density at radius 3 is 2.58 bits per heavy atom. The highest BCUT2D eigenvalue weighted by molar-refractivity contribution is 6.53. The van der Waals surface area contributed by atoms with Crippen LogP contribution >= 0.6 is 0 Å². The van der Waals surface area contributed by atoms with Crippen molar-refractivity contribution in [2.24, 2.45) is 0 Å². The van der Waals surface area contributed by atoms with Crippen LogP contribution in [0.3, 0.4) is 0 Å². The second-order valence-electron chi connectivity index (χ2n) is 6.37. The molecule has 0 radical (unpaired) electrons. The zero-order valence-corrected chi connectivity index (χ0v) is 13.7. The molecule has 0 saturated heterocycles. The van der Waals surface area contributed by atoms with Crippen LogP contribution in [-0.4, -0.2) is 28.9 Å². The second-order valence-corrected chi connectivity index (χ2v) is 6.37. The van der Waals surface area contributed by atoms with Crippen molar-refractivity contribution < 1.29 is 23.2 Å². The van der Waals surface area contributed by atoms with Crippen LogP contribution in [0.1, 0.15) is 42.6 Å². The van der Waals surface area contributed by atoms with Gasteiger partial charge < -0.3 is 13.7 Å². The summed E-state index contributed by atoms with van der Waals surface area (Å²) in [7, 11) is 0. The van der Waals surface area contributed by atoms with Crippen molar-refractivity contribution in [1.82, 2.24) is 4.90 Å². The predicted octanol–water partition coefficient (Wildman–Crippen LogP) is 3.12. The monoisotopic (exact) mass is 347 g/mol. The van der Waals surface area contributed by atoms with Crippen LogP contribution in [0, 0.1) is 0 Å². The lowest BCUT2D eigenvalue weighted by Crippen LogP contribution is -2.36. The standard InChI is InChI=1S/C20H13NO5/c22-17-11-4-1-2-5-12(11)19-16(18(17)23)13-7-8-21(10-15(13)26-19)20(24)14-6-3-9-25-14/h1-6,9H,7-8,10H2. The zero-order chi connectivity index (χ0) is 17.8. The summed E-state index contributed by atoms with van der Waals surface area (Å²) in [5, 5.41) is 0. The number of amides is 1. The van der Waals surface area contributed by atoms with Gasteiger partial charge in [0, 0.05) is 23.2 Å². The molecule has 3 aromatic rings. The third-order valence-electron chi connectivity index (χ3n) is 4.93. The Morgan fingerprint density at radius 1 is 1.00 bits per heavy atom. The number of rotatable bonds is 1. The maximum Gasteiger partial charge on any atom is 0.289 e. The van der Waals surface area contributed by atoms with Crippen LogP contribution in [0.2, 0.25) is 0 Å². The van der Waals surface area contributed by atoms with E-state index in [9.17, 15) is 14.4 Å². The molecular weight excluding hydrogens is 334 g/mol. The van der Waals surface area contributed by atoms with Gasteiger partial charge in [-0.3, -0.25) is 14.4 Å². The van der Waals surface area contributed by atoms with Gasteiger partial charge in [-0.15, -0.1) is 0 Å². The number of hydrogen-bond donors (Lipinski definition) is 0. The normalized spacial score (nSPS) is 15.5. The molecule has 0 atom stereocenters. The van der Waals surface area contributed by atoms with E-state index in [4.69, 9.17) is 8.83 Å². The molecule has 0 N–H and O–H groups in total. The summed E-state index contributed by atoms with van der Waals surface area (Å²) in [6.07, 6.45) is 1.91. The molecule has 2 aromatic heterocycles. The molecule has 0 saturated carbocycles. The van der Waals surface area contributed by atoms with E-state index in [1.165, 1.54) is 6.26 Å². The SMILES string of the molecule is O=C1C(=O)c2c(oc3c2CCN(C(=O)c2ccco2)C3)-c2ccccc21. The van der Waals surface area contributed by atoms with E-state index in [2.05, 4.69) is 0 Å².